The van der Waals surface area contributed by atoms with Gasteiger partial charge in [-0.05, 0) is 80.9 Å². The van der Waals surface area contributed by atoms with Gasteiger partial charge in [-0.1, -0.05) is 45.3 Å². The van der Waals surface area contributed by atoms with Crippen molar-refractivity contribution in [3.05, 3.63) is 33.9 Å². The maximum atomic E-state index is 11.2. The second-order valence-electron chi connectivity index (χ2n) is 9.25. The number of phenols is 1. The molecule has 0 heterocycles. The Morgan fingerprint density at radius 1 is 1.11 bits per heavy atom. The summed E-state index contributed by atoms with van der Waals surface area (Å²) < 4.78 is 6.20. The first-order chi connectivity index (χ1) is 12.9. The van der Waals surface area contributed by atoms with E-state index in [0.717, 1.165) is 12.2 Å². The molecule has 0 aromatic heterocycles. The van der Waals surface area contributed by atoms with E-state index in [9.17, 15) is 5.11 Å². The highest BCUT2D eigenvalue weighted by molar-refractivity contribution is 5.64. The number of benzene rings is 1. The van der Waals surface area contributed by atoms with Crippen LogP contribution in [0.4, 0.5) is 0 Å². The van der Waals surface area contributed by atoms with Gasteiger partial charge in [0.1, 0.15) is 0 Å². The zero-order valence-electron chi connectivity index (χ0n) is 18.2. The Labute approximate surface area is 166 Å². The van der Waals surface area contributed by atoms with E-state index in [4.69, 9.17) is 4.74 Å². The lowest BCUT2D eigenvalue weighted by Crippen LogP contribution is -2.28. The Morgan fingerprint density at radius 2 is 1.85 bits per heavy atom. The molecule has 0 fully saturated rings. The van der Waals surface area contributed by atoms with E-state index in [0.29, 0.717) is 36.0 Å². The molecule has 1 aromatic carbocycles. The van der Waals surface area contributed by atoms with E-state index in [1.807, 2.05) is 0 Å². The summed E-state index contributed by atoms with van der Waals surface area (Å²) in [7, 11) is 0. The highest BCUT2D eigenvalue weighted by Gasteiger charge is 2.41. The minimum Gasteiger partial charge on any atom is -0.504 e. The average molecular weight is 371 g/mol. The van der Waals surface area contributed by atoms with Crippen molar-refractivity contribution in [1.29, 1.82) is 0 Å². The van der Waals surface area contributed by atoms with E-state index in [-0.39, 0.29) is 0 Å². The molecule has 2 aliphatic carbocycles. The predicted octanol–water partition coefficient (Wildman–Crippen LogP) is 7.34. The first kappa shape index (κ1) is 20.3. The van der Waals surface area contributed by atoms with Crippen LogP contribution in [0, 0.1) is 12.8 Å². The van der Waals surface area contributed by atoms with Gasteiger partial charge in [0.25, 0.3) is 0 Å². The molecule has 0 amide bonds. The fourth-order valence-corrected chi connectivity index (χ4v) is 5.50. The van der Waals surface area contributed by atoms with Crippen molar-refractivity contribution in [2.75, 3.05) is 6.61 Å². The average Bonchev–Trinajstić information content (AvgIpc) is 2.59. The van der Waals surface area contributed by atoms with Crippen molar-refractivity contribution < 1.29 is 9.84 Å². The third-order valence-corrected chi connectivity index (χ3v) is 6.78. The van der Waals surface area contributed by atoms with E-state index < -0.39 is 0 Å². The van der Waals surface area contributed by atoms with Gasteiger partial charge in [-0.25, -0.2) is 0 Å². The number of ether oxygens (including phenoxy) is 1. The van der Waals surface area contributed by atoms with Crippen LogP contribution in [-0.2, 0) is 0 Å². The van der Waals surface area contributed by atoms with Crippen molar-refractivity contribution >= 4 is 0 Å². The minimum atomic E-state index is 0.409. The Hall–Kier alpha value is -1.44. The molecule has 2 nitrogen and oxygen atoms in total. The van der Waals surface area contributed by atoms with Crippen LogP contribution in [-0.4, -0.2) is 11.7 Å². The largest absolute Gasteiger partial charge is 0.504 e. The summed E-state index contributed by atoms with van der Waals surface area (Å²) >= 11 is 0. The second-order valence-corrected chi connectivity index (χ2v) is 9.25. The molecule has 1 aromatic rings. The SMILES string of the molecule is CCCCCOc1c(C)c2c3c(c1O)[C@@H](C)CC[C@@H]3[C@@H](C)C[C@H]2C=C(C)C. The lowest BCUT2D eigenvalue weighted by Gasteiger charge is -2.43. The molecule has 0 unspecified atom stereocenters. The van der Waals surface area contributed by atoms with Gasteiger partial charge in [-0.15, -0.1) is 0 Å². The molecule has 3 rings (SSSR count). The summed E-state index contributed by atoms with van der Waals surface area (Å²) in [5, 5.41) is 11.2. The number of hydrogen-bond donors (Lipinski definition) is 1. The molecule has 4 atom stereocenters. The van der Waals surface area contributed by atoms with Crippen molar-refractivity contribution in [1.82, 2.24) is 0 Å². The van der Waals surface area contributed by atoms with Crippen LogP contribution in [0.3, 0.4) is 0 Å². The van der Waals surface area contributed by atoms with Crippen LogP contribution in [0.1, 0.15) is 113 Å². The molecule has 1 N–H and O–H groups in total. The van der Waals surface area contributed by atoms with Crippen molar-refractivity contribution in [3.8, 4) is 11.5 Å². The van der Waals surface area contributed by atoms with Crippen LogP contribution < -0.4 is 4.74 Å². The highest BCUT2D eigenvalue weighted by Crippen LogP contribution is 2.57. The van der Waals surface area contributed by atoms with Gasteiger partial charge in [-0.2, -0.15) is 0 Å². The molecule has 0 radical (unpaired) electrons. The van der Waals surface area contributed by atoms with Gasteiger partial charge >= 0.3 is 0 Å². The molecule has 2 aliphatic rings. The first-order valence-corrected chi connectivity index (χ1v) is 11.0. The van der Waals surface area contributed by atoms with E-state index in [1.165, 1.54) is 59.9 Å². The highest BCUT2D eigenvalue weighted by atomic mass is 16.5. The van der Waals surface area contributed by atoms with Crippen molar-refractivity contribution in [2.45, 2.75) is 97.8 Å². The molecule has 0 bridgehead atoms. The molecule has 0 spiro atoms. The number of unbranched alkanes of at least 4 members (excludes halogenated alkanes) is 2. The van der Waals surface area contributed by atoms with Crippen LogP contribution in [0.25, 0.3) is 0 Å². The van der Waals surface area contributed by atoms with Crippen LogP contribution >= 0.6 is 0 Å². The second kappa shape index (κ2) is 8.29. The molecule has 0 aliphatic heterocycles. The van der Waals surface area contributed by atoms with Gasteiger partial charge < -0.3 is 9.84 Å². The summed E-state index contributed by atoms with van der Waals surface area (Å²) in [5.41, 5.74) is 6.67. The van der Waals surface area contributed by atoms with Crippen molar-refractivity contribution in [2.24, 2.45) is 5.92 Å². The van der Waals surface area contributed by atoms with Crippen LogP contribution in [0.5, 0.6) is 11.5 Å². The van der Waals surface area contributed by atoms with Gasteiger partial charge in [0.05, 0.1) is 6.61 Å². The molecule has 0 saturated heterocycles. The lowest BCUT2D eigenvalue weighted by atomic mass is 9.62. The minimum absolute atomic E-state index is 0.409. The number of rotatable bonds is 6. The number of allylic oxidation sites excluding steroid dienone is 2. The van der Waals surface area contributed by atoms with Gasteiger partial charge in [0.15, 0.2) is 11.5 Å². The fraction of sp³-hybridized carbons (Fsp3) is 0.680. The lowest BCUT2D eigenvalue weighted by molar-refractivity contribution is 0.277. The quantitative estimate of drug-likeness (QED) is 0.419. The van der Waals surface area contributed by atoms with E-state index >= 15 is 0 Å². The summed E-state index contributed by atoms with van der Waals surface area (Å²) in [6, 6.07) is 0. The smallest absolute Gasteiger partial charge is 0.164 e. The number of aromatic hydroxyl groups is 1. The zero-order valence-corrected chi connectivity index (χ0v) is 18.2. The fourth-order valence-electron chi connectivity index (χ4n) is 5.50. The standard InChI is InChI=1S/C25H38O2/c1-7-8-9-12-27-25-18(6)22-19(13-15(2)3)14-17(5)20-11-10-16(4)21(23(20)22)24(25)26/h13,16-17,19-20,26H,7-12,14H2,1-6H3/t16-,17-,19+,20+/m0/s1. The summed E-state index contributed by atoms with van der Waals surface area (Å²) in [6.45, 7) is 14.1. The molecule has 150 valence electrons. The van der Waals surface area contributed by atoms with Gasteiger partial charge in [-0.3, -0.25) is 0 Å². The molecule has 0 saturated carbocycles. The van der Waals surface area contributed by atoms with Crippen molar-refractivity contribution in [3.63, 3.8) is 0 Å². The first-order valence-electron chi connectivity index (χ1n) is 11.0. The Kier molecular flexibility index (Phi) is 6.23. The maximum absolute atomic E-state index is 11.2. The normalized spacial score (nSPS) is 26.4. The molecule has 27 heavy (non-hydrogen) atoms. The van der Waals surface area contributed by atoms with E-state index in [1.54, 1.807) is 0 Å². The van der Waals surface area contributed by atoms with Crippen LogP contribution in [0.2, 0.25) is 0 Å². The van der Waals surface area contributed by atoms with E-state index in [2.05, 4.69) is 47.6 Å². The topological polar surface area (TPSA) is 29.5 Å². The summed E-state index contributed by atoms with van der Waals surface area (Å²) in [6.07, 6.45) is 9.47. The summed E-state index contributed by atoms with van der Waals surface area (Å²) in [5.74, 6) is 3.30. The Balaban J connectivity index is 2.15. The summed E-state index contributed by atoms with van der Waals surface area (Å²) in [4.78, 5) is 0. The van der Waals surface area contributed by atoms with Gasteiger partial charge in [0.2, 0.25) is 0 Å². The number of phenolic OH excluding ortho intramolecular Hbond substituents is 1. The third-order valence-electron chi connectivity index (χ3n) is 6.78. The molecule has 2 heteroatoms. The Morgan fingerprint density at radius 3 is 2.52 bits per heavy atom. The molecular weight excluding hydrogens is 332 g/mol. The third kappa shape index (κ3) is 3.77. The Bertz CT molecular complexity index is 712. The molecular formula is C25H38O2. The zero-order chi connectivity index (χ0) is 19.7. The monoisotopic (exact) mass is 370 g/mol. The predicted molar refractivity (Wildman–Crippen MR) is 114 cm³/mol. The van der Waals surface area contributed by atoms with Crippen LogP contribution in [0.15, 0.2) is 11.6 Å². The number of hydrogen-bond acceptors (Lipinski definition) is 2. The van der Waals surface area contributed by atoms with Gasteiger partial charge in [0, 0.05) is 11.5 Å². The maximum Gasteiger partial charge on any atom is 0.164 e.